The van der Waals surface area contributed by atoms with Crippen LogP contribution >= 0.6 is 11.6 Å². The van der Waals surface area contributed by atoms with Crippen molar-refractivity contribution in [2.45, 2.75) is 33.2 Å². The van der Waals surface area contributed by atoms with Gasteiger partial charge in [0.05, 0.1) is 0 Å². The van der Waals surface area contributed by atoms with Gasteiger partial charge in [-0.15, -0.1) is 11.6 Å². The number of rotatable bonds is 5. The van der Waals surface area contributed by atoms with Gasteiger partial charge < -0.3 is 10.0 Å². The highest BCUT2D eigenvalue weighted by atomic mass is 35.5. The van der Waals surface area contributed by atoms with Crippen molar-refractivity contribution >= 4 is 17.5 Å². The molecular formula is C14H20ClNO2. The summed E-state index contributed by atoms with van der Waals surface area (Å²) in [6.07, 6.45) is 0.780. The highest BCUT2D eigenvalue weighted by Crippen LogP contribution is 2.19. The second-order valence-corrected chi connectivity index (χ2v) is 5.01. The summed E-state index contributed by atoms with van der Waals surface area (Å²) >= 11 is 5.68. The number of benzene rings is 1. The maximum Gasteiger partial charge on any atom is 0.254 e. The molecule has 3 nitrogen and oxygen atoms in total. The normalized spacial score (nSPS) is 10.7. The Morgan fingerprint density at radius 3 is 2.61 bits per heavy atom. The Balaban J connectivity index is 2.91. The van der Waals surface area contributed by atoms with Crippen LogP contribution in [0.4, 0.5) is 0 Å². The SMILES string of the molecule is Cc1cc(C(=O)N(CCCCl)C(C)C)ccc1O. The number of amides is 1. The third-order valence-corrected chi connectivity index (χ3v) is 3.13. The molecule has 0 heterocycles. The van der Waals surface area contributed by atoms with Crippen LogP contribution in [-0.2, 0) is 0 Å². The topological polar surface area (TPSA) is 40.5 Å². The molecule has 100 valence electrons. The lowest BCUT2D eigenvalue weighted by atomic mass is 10.1. The Kier molecular flexibility index (Phi) is 5.48. The van der Waals surface area contributed by atoms with Crippen molar-refractivity contribution in [1.29, 1.82) is 0 Å². The number of phenols is 1. The molecule has 0 radical (unpaired) electrons. The molecule has 0 bridgehead atoms. The van der Waals surface area contributed by atoms with Crippen LogP contribution in [0.1, 0.15) is 36.2 Å². The molecule has 1 aromatic rings. The van der Waals surface area contributed by atoms with Crippen molar-refractivity contribution in [2.24, 2.45) is 0 Å². The Bertz CT molecular complexity index is 418. The maximum absolute atomic E-state index is 12.4. The van der Waals surface area contributed by atoms with E-state index in [9.17, 15) is 9.90 Å². The van der Waals surface area contributed by atoms with E-state index in [0.717, 1.165) is 6.42 Å². The van der Waals surface area contributed by atoms with Gasteiger partial charge in [-0.2, -0.15) is 0 Å². The highest BCUT2D eigenvalue weighted by Gasteiger charge is 2.18. The van der Waals surface area contributed by atoms with Crippen LogP contribution in [0.25, 0.3) is 0 Å². The second kappa shape index (κ2) is 6.64. The van der Waals surface area contributed by atoms with Crippen molar-refractivity contribution < 1.29 is 9.90 Å². The van der Waals surface area contributed by atoms with Gasteiger partial charge in [-0.3, -0.25) is 4.79 Å². The first-order valence-electron chi connectivity index (χ1n) is 6.14. The van der Waals surface area contributed by atoms with Crippen LogP contribution < -0.4 is 0 Å². The fourth-order valence-electron chi connectivity index (χ4n) is 1.78. The van der Waals surface area contributed by atoms with E-state index in [0.29, 0.717) is 23.6 Å². The second-order valence-electron chi connectivity index (χ2n) is 4.64. The molecule has 1 rings (SSSR count). The highest BCUT2D eigenvalue weighted by molar-refractivity contribution is 6.17. The summed E-state index contributed by atoms with van der Waals surface area (Å²) in [5.74, 6) is 0.743. The van der Waals surface area contributed by atoms with E-state index in [1.165, 1.54) is 0 Å². The molecular weight excluding hydrogens is 250 g/mol. The third kappa shape index (κ3) is 3.64. The molecule has 0 unspecified atom stereocenters. The summed E-state index contributed by atoms with van der Waals surface area (Å²) in [6, 6.07) is 5.06. The van der Waals surface area contributed by atoms with Crippen molar-refractivity contribution in [3.05, 3.63) is 29.3 Å². The lowest BCUT2D eigenvalue weighted by molar-refractivity contribution is 0.0706. The molecule has 0 atom stereocenters. The zero-order chi connectivity index (χ0) is 13.7. The number of halogens is 1. The van der Waals surface area contributed by atoms with E-state index in [-0.39, 0.29) is 17.7 Å². The first kappa shape index (κ1) is 14.8. The zero-order valence-electron chi connectivity index (χ0n) is 11.1. The van der Waals surface area contributed by atoms with Gasteiger partial charge in [0, 0.05) is 24.0 Å². The van der Waals surface area contributed by atoms with Gasteiger partial charge in [-0.25, -0.2) is 0 Å². The van der Waals surface area contributed by atoms with E-state index in [4.69, 9.17) is 11.6 Å². The van der Waals surface area contributed by atoms with Crippen LogP contribution in [0.2, 0.25) is 0 Å². The van der Waals surface area contributed by atoms with E-state index in [1.54, 1.807) is 30.0 Å². The molecule has 0 spiro atoms. The Morgan fingerprint density at radius 1 is 1.44 bits per heavy atom. The quantitative estimate of drug-likeness (QED) is 0.834. The molecule has 0 saturated heterocycles. The number of hydrogen-bond acceptors (Lipinski definition) is 2. The van der Waals surface area contributed by atoms with E-state index < -0.39 is 0 Å². The standard InChI is InChI=1S/C14H20ClNO2/c1-10(2)16(8-4-7-15)14(18)12-5-6-13(17)11(3)9-12/h5-6,9-10,17H,4,7-8H2,1-3H3. The van der Waals surface area contributed by atoms with E-state index in [2.05, 4.69) is 0 Å². The summed E-state index contributed by atoms with van der Waals surface area (Å²) < 4.78 is 0. The Morgan fingerprint density at radius 2 is 2.11 bits per heavy atom. The molecule has 1 N–H and O–H groups in total. The Hall–Kier alpha value is -1.22. The first-order valence-corrected chi connectivity index (χ1v) is 6.67. The number of nitrogens with zero attached hydrogens (tertiary/aromatic N) is 1. The molecule has 18 heavy (non-hydrogen) atoms. The Labute approximate surface area is 113 Å². The minimum absolute atomic E-state index is 0.0155. The van der Waals surface area contributed by atoms with Crippen LogP contribution in [-0.4, -0.2) is 34.4 Å². The largest absolute Gasteiger partial charge is 0.508 e. The minimum Gasteiger partial charge on any atom is -0.508 e. The minimum atomic E-state index is -0.0155. The fraction of sp³-hybridized carbons (Fsp3) is 0.500. The van der Waals surface area contributed by atoms with Gasteiger partial charge in [0.1, 0.15) is 5.75 Å². The maximum atomic E-state index is 12.4. The lowest BCUT2D eigenvalue weighted by Crippen LogP contribution is -2.37. The number of aryl methyl sites for hydroxylation is 1. The molecule has 0 aliphatic carbocycles. The van der Waals surface area contributed by atoms with E-state index >= 15 is 0 Å². The van der Waals surface area contributed by atoms with Gasteiger partial charge in [0.15, 0.2) is 0 Å². The van der Waals surface area contributed by atoms with Crippen molar-refractivity contribution in [1.82, 2.24) is 4.90 Å². The van der Waals surface area contributed by atoms with Crippen LogP contribution in [0, 0.1) is 6.92 Å². The third-order valence-electron chi connectivity index (χ3n) is 2.86. The molecule has 0 saturated carbocycles. The molecule has 0 aliphatic heterocycles. The molecule has 0 aliphatic rings. The molecule has 0 fully saturated rings. The number of carbonyl (C=O) groups excluding carboxylic acids is 1. The predicted molar refractivity (Wildman–Crippen MR) is 74.4 cm³/mol. The molecule has 1 aromatic carbocycles. The van der Waals surface area contributed by atoms with Crippen LogP contribution in [0.3, 0.4) is 0 Å². The van der Waals surface area contributed by atoms with Crippen molar-refractivity contribution in [3.63, 3.8) is 0 Å². The number of alkyl halides is 1. The van der Waals surface area contributed by atoms with Gasteiger partial charge in [-0.05, 0) is 51.0 Å². The summed E-state index contributed by atoms with van der Waals surface area (Å²) in [4.78, 5) is 14.2. The summed E-state index contributed by atoms with van der Waals surface area (Å²) in [7, 11) is 0. The molecule has 1 amide bonds. The van der Waals surface area contributed by atoms with Gasteiger partial charge in [-0.1, -0.05) is 0 Å². The van der Waals surface area contributed by atoms with E-state index in [1.807, 2.05) is 13.8 Å². The van der Waals surface area contributed by atoms with Gasteiger partial charge in [0.2, 0.25) is 0 Å². The zero-order valence-corrected chi connectivity index (χ0v) is 11.9. The van der Waals surface area contributed by atoms with Crippen molar-refractivity contribution in [3.8, 4) is 5.75 Å². The van der Waals surface area contributed by atoms with Crippen LogP contribution in [0.5, 0.6) is 5.75 Å². The van der Waals surface area contributed by atoms with Gasteiger partial charge in [0.25, 0.3) is 5.91 Å². The first-order chi connectivity index (χ1) is 8.47. The van der Waals surface area contributed by atoms with Crippen molar-refractivity contribution in [2.75, 3.05) is 12.4 Å². The number of hydrogen-bond donors (Lipinski definition) is 1. The number of phenolic OH excluding ortho intramolecular Hbond substituents is 1. The van der Waals surface area contributed by atoms with Crippen LogP contribution in [0.15, 0.2) is 18.2 Å². The predicted octanol–water partition coefficient (Wildman–Crippen LogP) is 3.18. The average Bonchev–Trinajstić information content (AvgIpc) is 2.32. The fourth-order valence-corrected chi connectivity index (χ4v) is 1.90. The molecule has 0 aromatic heterocycles. The summed E-state index contributed by atoms with van der Waals surface area (Å²) in [5.41, 5.74) is 1.32. The molecule has 4 heteroatoms. The number of aromatic hydroxyl groups is 1. The lowest BCUT2D eigenvalue weighted by Gasteiger charge is -2.26. The average molecular weight is 270 g/mol. The van der Waals surface area contributed by atoms with Gasteiger partial charge >= 0.3 is 0 Å². The smallest absolute Gasteiger partial charge is 0.254 e. The summed E-state index contributed by atoms with van der Waals surface area (Å²) in [5, 5.41) is 9.47. The summed E-state index contributed by atoms with van der Waals surface area (Å²) in [6.45, 7) is 6.41. The number of carbonyl (C=O) groups is 1. The monoisotopic (exact) mass is 269 g/mol.